The Morgan fingerprint density at radius 2 is 1.83 bits per heavy atom. The largest absolute Gasteiger partial charge is 0.367 e. The second-order valence-electron chi connectivity index (χ2n) is 9.09. The average Bonchev–Trinajstić information content (AvgIpc) is 3.66. The van der Waals surface area contributed by atoms with Crippen molar-refractivity contribution in [3.63, 3.8) is 0 Å². The number of hydrogen-bond acceptors (Lipinski definition) is 10. The second-order valence-corrected chi connectivity index (χ2v) is 9.09. The number of allylic oxidation sites excluding steroid dienone is 1. The molecule has 3 aromatic rings. The molecule has 1 aliphatic heterocycles. The zero-order valence-corrected chi connectivity index (χ0v) is 19.1. The highest BCUT2D eigenvalue weighted by atomic mass is 16.1. The van der Waals surface area contributed by atoms with Crippen LogP contribution in [0.1, 0.15) is 49.3 Å². The molecule has 4 N–H and O–H groups in total. The van der Waals surface area contributed by atoms with Gasteiger partial charge in [0.05, 0.1) is 29.5 Å². The Morgan fingerprint density at radius 1 is 0.943 bits per heavy atom. The zero-order valence-electron chi connectivity index (χ0n) is 19.1. The van der Waals surface area contributed by atoms with Crippen molar-refractivity contribution in [2.75, 3.05) is 10.6 Å². The predicted molar refractivity (Wildman–Crippen MR) is 132 cm³/mol. The molecular formula is C24H26N10O. The number of nitrogens with one attached hydrogen (secondary N) is 4. The predicted octanol–water partition coefficient (Wildman–Crippen LogP) is 2.07. The van der Waals surface area contributed by atoms with Crippen molar-refractivity contribution in [1.82, 2.24) is 35.7 Å². The second kappa shape index (κ2) is 9.16. The number of anilines is 2. The van der Waals surface area contributed by atoms with Crippen molar-refractivity contribution < 1.29 is 0 Å². The Kier molecular flexibility index (Phi) is 5.57. The lowest BCUT2D eigenvalue weighted by molar-refractivity contribution is 0.660. The van der Waals surface area contributed by atoms with E-state index in [0.717, 1.165) is 42.0 Å². The lowest BCUT2D eigenvalue weighted by Gasteiger charge is -2.15. The molecule has 3 aliphatic rings. The van der Waals surface area contributed by atoms with Gasteiger partial charge in [-0.25, -0.2) is 15.5 Å². The van der Waals surface area contributed by atoms with Crippen molar-refractivity contribution in [3.8, 4) is 5.69 Å². The average molecular weight is 471 g/mol. The summed E-state index contributed by atoms with van der Waals surface area (Å²) in [4.78, 5) is 21.5. The van der Waals surface area contributed by atoms with Gasteiger partial charge in [-0.2, -0.15) is 5.10 Å². The molecule has 0 bridgehead atoms. The van der Waals surface area contributed by atoms with Crippen LogP contribution in [0.4, 0.5) is 11.8 Å². The summed E-state index contributed by atoms with van der Waals surface area (Å²) in [6, 6.07) is 7.68. The fourth-order valence-corrected chi connectivity index (χ4v) is 4.45. The first-order valence-electron chi connectivity index (χ1n) is 11.9. The Balaban J connectivity index is 1.08. The molecule has 0 saturated heterocycles. The van der Waals surface area contributed by atoms with Crippen LogP contribution in [-0.2, 0) is 0 Å². The van der Waals surface area contributed by atoms with Gasteiger partial charge in [-0.3, -0.25) is 14.8 Å². The number of rotatable bonds is 7. The number of hydrazone groups is 1. The van der Waals surface area contributed by atoms with Crippen LogP contribution < -0.4 is 27.2 Å². The third kappa shape index (κ3) is 4.84. The van der Waals surface area contributed by atoms with E-state index in [-0.39, 0.29) is 5.56 Å². The Labute approximate surface area is 201 Å². The SMILES string of the molecule is O=c1ccc(C2=NNNC=C2)cn1-c1ccc(N[C@H]2CC[C@H](Nc3ncc(C4CC4)nn3)C2)nc1. The van der Waals surface area contributed by atoms with Crippen LogP contribution in [0.2, 0.25) is 0 Å². The third-order valence-electron chi connectivity index (χ3n) is 6.49. The number of hydrogen-bond donors (Lipinski definition) is 4. The van der Waals surface area contributed by atoms with E-state index in [1.165, 1.54) is 18.9 Å². The maximum atomic E-state index is 12.5. The minimum absolute atomic E-state index is 0.130. The molecule has 35 heavy (non-hydrogen) atoms. The summed E-state index contributed by atoms with van der Waals surface area (Å²) >= 11 is 0. The van der Waals surface area contributed by atoms with Crippen molar-refractivity contribution in [2.45, 2.75) is 50.1 Å². The summed E-state index contributed by atoms with van der Waals surface area (Å²) in [5.74, 6) is 1.94. The Hall–Kier alpha value is -4.28. The van der Waals surface area contributed by atoms with Crippen molar-refractivity contribution in [1.29, 1.82) is 0 Å². The maximum Gasteiger partial charge on any atom is 0.255 e. The lowest BCUT2D eigenvalue weighted by Crippen LogP contribution is -2.27. The molecule has 2 atom stereocenters. The topological polar surface area (TPSA) is 134 Å². The smallest absolute Gasteiger partial charge is 0.255 e. The zero-order chi connectivity index (χ0) is 23.6. The van der Waals surface area contributed by atoms with Crippen molar-refractivity contribution in [2.24, 2.45) is 5.10 Å². The minimum atomic E-state index is -0.130. The van der Waals surface area contributed by atoms with Crippen LogP contribution in [0.15, 0.2) is 65.0 Å². The van der Waals surface area contributed by atoms with E-state index >= 15 is 0 Å². The van der Waals surface area contributed by atoms with Gasteiger partial charge in [0.1, 0.15) is 5.82 Å². The van der Waals surface area contributed by atoms with E-state index in [2.05, 4.69) is 46.9 Å². The highest BCUT2D eigenvalue weighted by molar-refractivity contribution is 6.08. The summed E-state index contributed by atoms with van der Waals surface area (Å²) in [6.45, 7) is 0. The molecule has 0 unspecified atom stereocenters. The van der Waals surface area contributed by atoms with Crippen LogP contribution in [0.5, 0.6) is 0 Å². The standard InChI is InChI=1S/C24H26N10O/c35-23-8-3-16(20-9-10-27-33-31-20)14-34(23)19-6-7-22(25-12-19)28-17-4-5-18(11-17)29-24-26-13-21(30-32-24)15-1-2-15/h3,6-10,12-15,17-18,27,33H,1-2,4-5,11H2,(H,25,28)(H,26,29,32)/t17-,18-/m0/s1. The third-order valence-corrected chi connectivity index (χ3v) is 6.49. The van der Waals surface area contributed by atoms with Gasteiger partial charge < -0.3 is 10.6 Å². The van der Waals surface area contributed by atoms with Gasteiger partial charge in [0.25, 0.3) is 5.56 Å². The van der Waals surface area contributed by atoms with Gasteiger partial charge >= 0.3 is 0 Å². The first-order chi connectivity index (χ1) is 17.2. The van der Waals surface area contributed by atoms with E-state index in [1.54, 1.807) is 29.2 Å². The minimum Gasteiger partial charge on any atom is -0.367 e. The van der Waals surface area contributed by atoms with Gasteiger partial charge in [-0.1, -0.05) is 0 Å². The first-order valence-corrected chi connectivity index (χ1v) is 11.9. The van der Waals surface area contributed by atoms with Gasteiger partial charge in [0.15, 0.2) is 0 Å². The fourth-order valence-electron chi connectivity index (χ4n) is 4.45. The van der Waals surface area contributed by atoms with Gasteiger partial charge in [-0.05, 0) is 56.4 Å². The molecule has 2 fully saturated rings. The van der Waals surface area contributed by atoms with Gasteiger partial charge in [0, 0.05) is 42.0 Å². The van der Waals surface area contributed by atoms with Crippen LogP contribution in [0.3, 0.4) is 0 Å². The number of aromatic nitrogens is 5. The maximum absolute atomic E-state index is 12.5. The molecule has 0 spiro atoms. The highest BCUT2D eigenvalue weighted by Gasteiger charge is 2.27. The Bertz CT molecular complexity index is 1310. The van der Waals surface area contributed by atoms with Gasteiger partial charge in [-0.15, -0.1) is 10.2 Å². The number of pyridine rings is 2. The molecule has 11 nitrogen and oxygen atoms in total. The molecule has 178 valence electrons. The lowest BCUT2D eigenvalue weighted by atomic mass is 10.1. The molecule has 11 heteroatoms. The molecule has 3 aromatic heterocycles. The molecule has 6 rings (SSSR count). The highest BCUT2D eigenvalue weighted by Crippen LogP contribution is 2.38. The van der Waals surface area contributed by atoms with Crippen LogP contribution >= 0.6 is 0 Å². The molecule has 0 amide bonds. The van der Waals surface area contributed by atoms with Crippen molar-refractivity contribution >= 4 is 17.5 Å². The molecule has 2 saturated carbocycles. The monoisotopic (exact) mass is 470 g/mol. The van der Waals surface area contributed by atoms with Crippen LogP contribution in [0.25, 0.3) is 5.69 Å². The van der Waals surface area contributed by atoms with E-state index in [1.807, 2.05) is 24.4 Å². The fraction of sp³-hybridized carbons (Fsp3) is 0.333. The van der Waals surface area contributed by atoms with E-state index in [4.69, 9.17) is 0 Å². The summed E-state index contributed by atoms with van der Waals surface area (Å²) in [5.41, 5.74) is 8.60. The van der Waals surface area contributed by atoms with Crippen LogP contribution in [0, 0.1) is 0 Å². The molecule has 0 radical (unpaired) electrons. The molecular weight excluding hydrogens is 444 g/mol. The molecule has 0 aromatic carbocycles. The molecule has 2 aliphatic carbocycles. The number of nitrogens with zero attached hydrogens (tertiary/aromatic N) is 6. The normalized spacial score (nSPS) is 21.1. The van der Waals surface area contributed by atoms with Gasteiger partial charge in [0.2, 0.25) is 5.95 Å². The van der Waals surface area contributed by atoms with E-state index in [0.29, 0.717) is 29.6 Å². The Morgan fingerprint density at radius 3 is 2.54 bits per heavy atom. The molecule has 4 heterocycles. The van der Waals surface area contributed by atoms with Crippen LogP contribution in [-0.4, -0.2) is 42.5 Å². The summed E-state index contributed by atoms with van der Waals surface area (Å²) < 4.78 is 1.57. The summed E-state index contributed by atoms with van der Waals surface area (Å²) in [7, 11) is 0. The number of hydrazine groups is 1. The van der Waals surface area contributed by atoms with Crippen molar-refractivity contribution in [3.05, 3.63) is 76.7 Å². The first kappa shape index (κ1) is 21.3. The van der Waals surface area contributed by atoms with E-state index in [9.17, 15) is 4.79 Å². The summed E-state index contributed by atoms with van der Waals surface area (Å²) in [6.07, 6.45) is 14.3. The van der Waals surface area contributed by atoms with E-state index < -0.39 is 0 Å². The quantitative estimate of drug-likeness (QED) is 0.409. The summed E-state index contributed by atoms with van der Waals surface area (Å²) in [5, 5.41) is 19.6.